The van der Waals surface area contributed by atoms with Crippen molar-refractivity contribution in [2.24, 2.45) is 13.0 Å². The van der Waals surface area contributed by atoms with Gasteiger partial charge in [0.2, 0.25) is 0 Å². The molecule has 1 aliphatic rings. The van der Waals surface area contributed by atoms with Crippen LogP contribution in [0.15, 0.2) is 42.5 Å². The van der Waals surface area contributed by atoms with Crippen molar-refractivity contribution in [3.63, 3.8) is 0 Å². The van der Waals surface area contributed by atoms with Crippen LogP contribution in [0.2, 0.25) is 0 Å². The van der Waals surface area contributed by atoms with Crippen molar-refractivity contribution in [3.05, 3.63) is 48.0 Å². The minimum Gasteiger partial charge on any atom is -0.494 e. The van der Waals surface area contributed by atoms with Gasteiger partial charge >= 0.3 is 0 Å². The lowest BCUT2D eigenvalue weighted by molar-refractivity contribution is -0.118. The van der Waals surface area contributed by atoms with Gasteiger partial charge in [0.25, 0.3) is 6.01 Å². The predicted molar refractivity (Wildman–Crippen MR) is 135 cm³/mol. The monoisotopic (exact) mass is 480 g/mol. The number of rotatable bonds is 11. The summed E-state index contributed by atoms with van der Waals surface area (Å²) in [5.74, 6) is 1.86. The molecule has 1 saturated carbocycles. The molecule has 0 aliphatic heterocycles. The van der Waals surface area contributed by atoms with E-state index in [-0.39, 0.29) is 23.9 Å². The Morgan fingerprint density at radius 1 is 1.11 bits per heavy atom. The average Bonchev–Trinajstić information content (AvgIpc) is 3.17. The predicted octanol–water partition coefficient (Wildman–Crippen LogP) is 5.48. The zero-order valence-corrected chi connectivity index (χ0v) is 21.2. The van der Waals surface area contributed by atoms with Crippen molar-refractivity contribution in [1.82, 2.24) is 9.55 Å². The third-order valence-corrected chi connectivity index (χ3v) is 6.50. The van der Waals surface area contributed by atoms with E-state index in [9.17, 15) is 4.79 Å². The Bertz CT molecular complexity index is 1120. The summed E-state index contributed by atoms with van der Waals surface area (Å²) in [5, 5.41) is 0. The van der Waals surface area contributed by atoms with E-state index in [0.717, 1.165) is 48.0 Å². The molecule has 3 aromatic rings. The first-order chi connectivity index (χ1) is 16.9. The van der Waals surface area contributed by atoms with Gasteiger partial charge in [-0.15, -0.1) is 0 Å². The van der Waals surface area contributed by atoms with Crippen LogP contribution in [0.5, 0.6) is 17.5 Å². The highest BCUT2D eigenvalue weighted by Gasteiger charge is 2.25. The minimum atomic E-state index is 0.0970. The molecule has 0 saturated heterocycles. The van der Waals surface area contributed by atoms with Crippen LogP contribution in [-0.2, 0) is 23.2 Å². The number of hydrogen-bond acceptors (Lipinski definition) is 6. The van der Waals surface area contributed by atoms with Gasteiger partial charge in [-0.1, -0.05) is 37.3 Å². The van der Waals surface area contributed by atoms with Crippen LogP contribution in [-0.4, -0.2) is 41.3 Å². The van der Waals surface area contributed by atoms with Crippen molar-refractivity contribution in [2.45, 2.75) is 64.8 Å². The highest BCUT2D eigenvalue weighted by atomic mass is 16.5. The number of ketones is 1. The Balaban J connectivity index is 1.37. The second-order valence-corrected chi connectivity index (χ2v) is 9.58. The minimum absolute atomic E-state index is 0.0970. The van der Waals surface area contributed by atoms with Gasteiger partial charge in [0.1, 0.15) is 29.8 Å². The number of benzene rings is 2. The van der Waals surface area contributed by atoms with Crippen LogP contribution in [0, 0.1) is 5.92 Å². The quantitative estimate of drug-likeness (QED) is 0.362. The molecule has 7 nitrogen and oxygen atoms in total. The molecule has 0 unspecified atom stereocenters. The van der Waals surface area contributed by atoms with Crippen LogP contribution in [0.25, 0.3) is 11.0 Å². The van der Waals surface area contributed by atoms with E-state index in [4.69, 9.17) is 23.9 Å². The Labute approximate surface area is 207 Å². The number of methoxy groups -OCH3 is 1. The second kappa shape index (κ2) is 11.6. The SMILES string of the molecule is COc1cc(OCc2ccccc2)cc2c1nc(OC1CCC(OC[C@H](C)CC(C)=O)CC1)n2C. The zero-order valence-electron chi connectivity index (χ0n) is 21.2. The lowest BCUT2D eigenvalue weighted by Gasteiger charge is -2.29. The largest absolute Gasteiger partial charge is 0.494 e. The summed E-state index contributed by atoms with van der Waals surface area (Å²) < 4.78 is 26.0. The standard InChI is InChI=1S/C28H36N2O5/c1-19(14-20(2)31)17-33-22-10-12-23(13-11-22)35-28-29-27-25(30(28)3)15-24(16-26(27)32-4)34-18-21-8-6-5-7-9-21/h5-9,15-16,19,22-23H,10-14,17-18H2,1-4H3/t19-,22?,23?/m1/s1. The maximum absolute atomic E-state index is 11.3. The highest BCUT2D eigenvalue weighted by Crippen LogP contribution is 2.34. The molecule has 1 heterocycles. The summed E-state index contributed by atoms with van der Waals surface area (Å²) >= 11 is 0. The Hall–Kier alpha value is -3.06. The number of hydrogen-bond donors (Lipinski definition) is 0. The second-order valence-electron chi connectivity index (χ2n) is 9.58. The maximum atomic E-state index is 11.3. The van der Waals surface area contributed by atoms with E-state index in [1.165, 1.54) is 0 Å². The van der Waals surface area contributed by atoms with Crippen molar-refractivity contribution in [2.75, 3.05) is 13.7 Å². The van der Waals surface area contributed by atoms with Gasteiger partial charge in [0, 0.05) is 32.2 Å². The van der Waals surface area contributed by atoms with Crippen LogP contribution < -0.4 is 14.2 Å². The molecule has 1 aromatic heterocycles. The number of nitrogens with zero attached hydrogens (tertiary/aromatic N) is 2. The number of Topliss-reactive ketones (excluding diaryl/α,β-unsaturated/α-hetero) is 1. The van der Waals surface area contributed by atoms with E-state index in [1.54, 1.807) is 14.0 Å². The third-order valence-electron chi connectivity index (χ3n) is 6.50. The Kier molecular flexibility index (Phi) is 8.29. The fourth-order valence-corrected chi connectivity index (χ4v) is 4.61. The number of fused-ring (bicyclic) bond motifs is 1. The molecule has 0 bridgehead atoms. The van der Waals surface area contributed by atoms with Gasteiger partial charge in [-0.25, -0.2) is 0 Å². The fourth-order valence-electron chi connectivity index (χ4n) is 4.61. The summed E-state index contributed by atoms with van der Waals surface area (Å²) in [4.78, 5) is 16.0. The lowest BCUT2D eigenvalue weighted by Crippen LogP contribution is -2.30. The first-order valence-electron chi connectivity index (χ1n) is 12.4. The zero-order chi connectivity index (χ0) is 24.8. The Morgan fingerprint density at radius 2 is 1.83 bits per heavy atom. The smallest absolute Gasteiger partial charge is 0.297 e. The van der Waals surface area contributed by atoms with E-state index in [0.29, 0.717) is 31.4 Å². The average molecular weight is 481 g/mol. The molecule has 1 aliphatic carbocycles. The molecule has 7 heteroatoms. The molecule has 2 aromatic carbocycles. The van der Waals surface area contributed by atoms with Crippen LogP contribution in [0.3, 0.4) is 0 Å². The third kappa shape index (κ3) is 6.54. The number of carbonyl (C=O) groups excluding carboxylic acids is 1. The summed E-state index contributed by atoms with van der Waals surface area (Å²) in [5.41, 5.74) is 2.76. The summed E-state index contributed by atoms with van der Waals surface area (Å²) in [6, 6.07) is 14.5. The maximum Gasteiger partial charge on any atom is 0.297 e. The normalized spacial score (nSPS) is 18.9. The van der Waals surface area contributed by atoms with E-state index in [1.807, 2.05) is 54.1 Å². The molecule has 35 heavy (non-hydrogen) atoms. The fraction of sp³-hybridized carbons (Fsp3) is 0.500. The van der Waals surface area contributed by atoms with Gasteiger partial charge in [-0.2, -0.15) is 4.98 Å². The van der Waals surface area contributed by atoms with E-state index >= 15 is 0 Å². The number of aryl methyl sites for hydroxylation is 1. The summed E-state index contributed by atoms with van der Waals surface area (Å²) in [6.07, 6.45) is 4.63. The Morgan fingerprint density at radius 3 is 2.51 bits per heavy atom. The lowest BCUT2D eigenvalue weighted by atomic mass is 9.95. The van der Waals surface area contributed by atoms with Gasteiger partial charge in [-0.3, -0.25) is 4.57 Å². The molecular formula is C28H36N2O5. The molecule has 0 spiro atoms. The number of aromatic nitrogens is 2. The molecule has 1 atom stereocenters. The topological polar surface area (TPSA) is 71.8 Å². The number of imidazole rings is 1. The van der Waals surface area contributed by atoms with E-state index < -0.39 is 0 Å². The highest BCUT2D eigenvalue weighted by molar-refractivity contribution is 5.85. The van der Waals surface area contributed by atoms with Gasteiger partial charge in [0.05, 0.1) is 18.7 Å². The molecule has 0 N–H and O–H groups in total. The molecular weight excluding hydrogens is 444 g/mol. The molecule has 188 valence electrons. The first-order valence-corrected chi connectivity index (χ1v) is 12.4. The van der Waals surface area contributed by atoms with Crippen molar-refractivity contribution < 1.29 is 23.7 Å². The molecule has 4 rings (SSSR count). The van der Waals surface area contributed by atoms with Gasteiger partial charge in [0.15, 0.2) is 5.75 Å². The molecule has 0 amide bonds. The van der Waals surface area contributed by atoms with Crippen LogP contribution >= 0.6 is 0 Å². The first kappa shape index (κ1) is 25.0. The van der Waals surface area contributed by atoms with Gasteiger partial charge < -0.3 is 23.7 Å². The number of ether oxygens (including phenoxy) is 4. The molecule has 1 fully saturated rings. The van der Waals surface area contributed by atoms with Crippen LogP contribution in [0.1, 0.15) is 51.5 Å². The van der Waals surface area contributed by atoms with Crippen molar-refractivity contribution >= 4 is 16.8 Å². The van der Waals surface area contributed by atoms with Crippen LogP contribution in [0.4, 0.5) is 0 Å². The number of carbonyl (C=O) groups is 1. The summed E-state index contributed by atoms with van der Waals surface area (Å²) in [7, 11) is 3.60. The van der Waals surface area contributed by atoms with Crippen molar-refractivity contribution in [3.8, 4) is 17.5 Å². The van der Waals surface area contributed by atoms with Crippen molar-refractivity contribution in [1.29, 1.82) is 0 Å². The molecule has 0 radical (unpaired) electrons. The van der Waals surface area contributed by atoms with Gasteiger partial charge in [-0.05, 0) is 44.1 Å². The van der Waals surface area contributed by atoms with E-state index in [2.05, 4.69) is 6.92 Å². The summed E-state index contributed by atoms with van der Waals surface area (Å²) in [6.45, 7) is 4.81.